The fraction of sp³-hybridized carbons (Fsp3) is 0.500. The molecule has 1 fully saturated rings. The molecule has 1 aliphatic rings. The third-order valence-electron chi connectivity index (χ3n) is 3.32. The smallest absolute Gasteiger partial charge is 0.248 e. The van der Waals surface area contributed by atoms with E-state index in [1.165, 1.54) is 0 Å². The molecule has 0 saturated carbocycles. The van der Waals surface area contributed by atoms with Crippen LogP contribution in [0, 0.1) is 11.6 Å². The van der Waals surface area contributed by atoms with E-state index < -0.39 is 32.2 Å². The first-order chi connectivity index (χ1) is 8.74. The van der Waals surface area contributed by atoms with Gasteiger partial charge in [-0.1, -0.05) is 6.07 Å². The fourth-order valence-corrected chi connectivity index (χ4v) is 3.62. The predicted molar refractivity (Wildman–Crippen MR) is 65.0 cm³/mol. The van der Waals surface area contributed by atoms with Crippen LogP contribution in [-0.4, -0.2) is 36.5 Å². The SMILES string of the molecule is CC1(O)CCN(S(=O)(=O)c2c(F)cccc2F)CC1. The fourth-order valence-electron chi connectivity index (χ4n) is 2.07. The van der Waals surface area contributed by atoms with Gasteiger partial charge in [-0.25, -0.2) is 17.2 Å². The van der Waals surface area contributed by atoms with Gasteiger partial charge in [-0.2, -0.15) is 4.31 Å². The second-order valence-electron chi connectivity index (χ2n) is 4.95. The number of benzene rings is 1. The van der Waals surface area contributed by atoms with E-state index in [9.17, 15) is 22.3 Å². The molecule has 19 heavy (non-hydrogen) atoms. The van der Waals surface area contributed by atoms with Gasteiger partial charge < -0.3 is 5.11 Å². The Hall–Kier alpha value is -1.05. The van der Waals surface area contributed by atoms with Gasteiger partial charge in [0.05, 0.1) is 5.60 Å². The van der Waals surface area contributed by atoms with Crippen LogP contribution in [0.2, 0.25) is 0 Å². The zero-order chi connectivity index (χ0) is 14.3. The molecule has 1 aromatic carbocycles. The van der Waals surface area contributed by atoms with Gasteiger partial charge in [0.25, 0.3) is 0 Å². The van der Waals surface area contributed by atoms with E-state index in [0.717, 1.165) is 22.5 Å². The summed E-state index contributed by atoms with van der Waals surface area (Å²) in [5.41, 5.74) is -0.931. The molecular weight excluding hydrogens is 276 g/mol. The van der Waals surface area contributed by atoms with Crippen LogP contribution in [0.25, 0.3) is 0 Å². The van der Waals surface area contributed by atoms with E-state index >= 15 is 0 Å². The largest absolute Gasteiger partial charge is 0.390 e. The van der Waals surface area contributed by atoms with Crippen LogP contribution in [0.3, 0.4) is 0 Å². The molecule has 106 valence electrons. The highest BCUT2D eigenvalue weighted by Gasteiger charge is 2.36. The molecule has 1 heterocycles. The van der Waals surface area contributed by atoms with Crippen LogP contribution < -0.4 is 0 Å². The zero-order valence-corrected chi connectivity index (χ0v) is 11.3. The molecule has 0 aromatic heterocycles. The minimum atomic E-state index is -4.20. The van der Waals surface area contributed by atoms with Crippen LogP contribution in [0.4, 0.5) is 8.78 Å². The van der Waals surface area contributed by atoms with Crippen molar-refractivity contribution in [3.05, 3.63) is 29.8 Å². The van der Waals surface area contributed by atoms with Crippen LogP contribution in [-0.2, 0) is 10.0 Å². The number of hydrogen-bond acceptors (Lipinski definition) is 3. The van der Waals surface area contributed by atoms with Crippen molar-refractivity contribution in [1.29, 1.82) is 0 Å². The summed E-state index contributed by atoms with van der Waals surface area (Å²) in [7, 11) is -4.20. The maximum Gasteiger partial charge on any atom is 0.248 e. The highest BCUT2D eigenvalue weighted by Crippen LogP contribution is 2.28. The first kappa shape index (κ1) is 14.4. The second-order valence-corrected chi connectivity index (χ2v) is 6.83. The van der Waals surface area contributed by atoms with Crippen molar-refractivity contribution in [3.8, 4) is 0 Å². The number of halogens is 2. The lowest BCUT2D eigenvalue weighted by atomic mass is 9.95. The van der Waals surface area contributed by atoms with Crippen molar-refractivity contribution >= 4 is 10.0 Å². The summed E-state index contributed by atoms with van der Waals surface area (Å²) in [6.45, 7) is 1.70. The molecule has 1 N–H and O–H groups in total. The molecular formula is C12H15F2NO3S. The molecule has 0 unspecified atom stereocenters. The standard InChI is InChI=1S/C12H15F2NO3S/c1-12(16)5-7-15(8-6-12)19(17,18)11-9(13)3-2-4-10(11)14/h2-4,16H,5-8H2,1H3. The molecule has 0 aliphatic carbocycles. The molecule has 7 heteroatoms. The van der Waals surface area contributed by atoms with Gasteiger partial charge in [-0.15, -0.1) is 0 Å². The summed E-state index contributed by atoms with van der Waals surface area (Å²) in [5, 5.41) is 9.77. The van der Waals surface area contributed by atoms with E-state index in [0.29, 0.717) is 0 Å². The Labute approximate surface area is 110 Å². The molecule has 1 aromatic rings. The van der Waals surface area contributed by atoms with Crippen molar-refractivity contribution in [1.82, 2.24) is 4.31 Å². The van der Waals surface area contributed by atoms with Crippen LogP contribution in [0.1, 0.15) is 19.8 Å². The van der Waals surface area contributed by atoms with Gasteiger partial charge in [0.15, 0.2) is 4.90 Å². The summed E-state index contributed by atoms with van der Waals surface area (Å²) in [6, 6.07) is 2.94. The molecule has 0 radical (unpaired) electrons. The number of hydrogen-bond donors (Lipinski definition) is 1. The van der Waals surface area contributed by atoms with Gasteiger partial charge in [0.2, 0.25) is 10.0 Å². The lowest BCUT2D eigenvalue weighted by Crippen LogP contribution is -2.45. The normalized spacial score (nSPS) is 20.4. The Morgan fingerprint density at radius 2 is 1.68 bits per heavy atom. The van der Waals surface area contributed by atoms with Crippen LogP contribution >= 0.6 is 0 Å². The van der Waals surface area contributed by atoms with Crippen molar-refractivity contribution < 1.29 is 22.3 Å². The minimum Gasteiger partial charge on any atom is -0.390 e. The van der Waals surface area contributed by atoms with Crippen molar-refractivity contribution in [2.75, 3.05) is 13.1 Å². The molecule has 4 nitrogen and oxygen atoms in total. The van der Waals surface area contributed by atoms with E-state index in [2.05, 4.69) is 0 Å². The summed E-state index contributed by atoms with van der Waals surface area (Å²) in [4.78, 5) is -0.920. The Kier molecular flexibility index (Phi) is 3.63. The van der Waals surface area contributed by atoms with Gasteiger partial charge in [-0.05, 0) is 31.9 Å². The summed E-state index contributed by atoms with van der Waals surface area (Å²) >= 11 is 0. The summed E-state index contributed by atoms with van der Waals surface area (Å²) in [6.07, 6.45) is 0.477. The van der Waals surface area contributed by atoms with Gasteiger partial charge in [-0.3, -0.25) is 0 Å². The third kappa shape index (κ3) is 2.77. The lowest BCUT2D eigenvalue weighted by molar-refractivity contribution is 0.0125. The Balaban J connectivity index is 2.34. The molecule has 0 amide bonds. The number of aliphatic hydroxyl groups is 1. The molecule has 2 rings (SSSR count). The Morgan fingerprint density at radius 3 is 2.16 bits per heavy atom. The maximum absolute atomic E-state index is 13.6. The highest BCUT2D eigenvalue weighted by molar-refractivity contribution is 7.89. The Bertz CT molecular complexity index is 556. The van der Waals surface area contributed by atoms with E-state index in [1.807, 2.05) is 0 Å². The van der Waals surface area contributed by atoms with Crippen molar-refractivity contribution in [3.63, 3.8) is 0 Å². The number of rotatable bonds is 2. The molecule has 0 bridgehead atoms. The van der Waals surface area contributed by atoms with E-state index in [4.69, 9.17) is 0 Å². The summed E-state index contributed by atoms with van der Waals surface area (Å²) in [5.74, 6) is -2.20. The third-order valence-corrected chi connectivity index (χ3v) is 5.27. The second kappa shape index (κ2) is 4.81. The summed E-state index contributed by atoms with van der Waals surface area (Å²) < 4.78 is 52.5. The van der Waals surface area contributed by atoms with E-state index in [1.54, 1.807) is 6.92 Å². The Morgan fingerprint density at radius 1 is 1.21 bits per heavy atom. The van der Waals surface area contributed by atoms with E-state index in [-0.39, 0.29) is 25.9 Å². The number of sulfonamides is 1. The molecule has 0 spiro atoms. The lowest BCUT2D eigenvalue weighted by Gasteiger charge is -2.35. The van der Waals surface area contributed by atoms with Crippen molar-refractivity contribution in [2.24, 2.45) is 0 Å². The minimum absolute atomic E-state index is 0.0447. The van der Waals surface area contributed by atoms with Gasteiger partial charge in [0.1, 0.15) is 11.6 Å². The molecule has 0 atom stereocenters. The average molecular weight is 291 g/mol. The van der Waals surface area contributed by atoms with Crippen LogP contribution in [0.15, 0.2) is 23.1 Å². The monoisotopic (exact) mass is 291 g/mol. The van der Waals surface area contributed by atoms with Crippen LogP contribution in [0.5, 0.6) is 0 Å². The zero-order valence-electron chi connectivity index (χ0n) is 10.4. The maximum atomic E-state index is 13.6. The molecule has 1 saturated heterocycles. The quantitative estimate of drug-likeness (QED) is 0.898. The number of nitrogens with zero attached hydrogens (tertiary/aromatic N) is 1. The average Bonchev–Trinajstić information content (AvgIpc) is 2.27. The molecule has 1 aliphatic heterocycles. The predicted octanol–water partition coefficient (Wildman–Crippen LogP) is 1.50. The van der Waals surface area contributed by atoms with Crippen molar-refractivity contribution in [2.45, 2.75) is 30.3 Å². The first-order valence-electron chi connectivity index (χ1n) is 5.91. The first-order valence-corrected chi connectivity index (χ1v) is 7.35. The number of piperidine rings is 1. The van der Waals surface area contributed by atoms with Gasteiger partial charge >= 0.3 is 0 Å². The highest BCUT2D eigenvalue weighted by atomic mass is 32.2. The topological polar surface area (TPSA) is 57.6 Å². The van der Waals surface area contributed by atoms with Gasteiger partial charge in [0, 0.05) is 13.1 Å².